The zero-order chi connectivity index (χ0) is 8.15. The Bertz CT molecular complexity index is 149. The van der Waals surface area contributed by atoms with Gasteiger partial charge < -0.3 is 21.0 Å². The molecule has 64 valence electrons. The molecule has 0 spiro atoms. The summed E-state index contributed by atoms with van der Waals surface area (Å²) >= 11 is 0. The first-order chi connectivity index (χ1) is 4.57. The highest BCUT2D eigenvalue weighted by Crippen LogP contribution is 1.92. The topological polar surface area (TPSA) is 119 Å². The first-order valence-electron chi connectivity index (χ1n) is 2.55. The van der Waals surface area contributed by atoms with Gasteiger partial charge in [-0.1, -0.05) is 0 Å². The molecule has 1 unspecified atom stereocenters. The van der Waals surface area contributed by atoms with Gasteiger partial charge in [0.15, 0.2) is 6.10 Å². The standard InChI is InChI=1S/C4H7BO5.H3N/c5-10-3(7)1-2(6)4(8)9;/h2,6H,1,5H2,(H,8,9);1H3. The number of hydrogen-bond acceptors (Lipinski definition) is 5. The van der Waals surface area contributed by atoms with Crippen LogP contribution in [0.15, 0.2) is 0 Å². The van der Waals surface area contributed by atoms with Crippen molar-refractivity contribution >= 4 is 20.0 Å². The number of hydrogen-bond donors (Lipinski definition) is 3. The van der Waals surface area contributed by atoms with Gasteiger partial charge in [0.1, 0.15) is 0 Å². The third-order valence-corrected chi connectivity index (χ3v) is 0.873. The Morgan fingerprint density at radius 1 is 1.55 bits per heavy atom. The molecule has 0 aromatic carbocycles. The van der Waals surface area contributed by atoms with Crippen LogP contribution in [0.1, 0.15) is 6.42 Å². The number of carbonyl (C=O) groups is 2. The molecule has 7 heteroatoms. The van der Waals surface area contributed by atoms with E-state index in [1.54, 1.807) is 0 Å². The van der Waals surface area contributed by atoms with Gasteiger partial charge in [-0.15, -0.1) is 0 Å². The summed E-state index contributed by atoms with van der Waals surface area (Å²) in [6.07, 6.45) is -2.17. The Kier molecular flexibility index (Phi) is 6.51. The zero-order valence-electron chi connectivity index (χ0n) is 6.11. The third kappa shape index (κ3) is 5.37. The van der Waals surface area contributed by atoms with E-state index >= 15 is 0 Å². The number of carbonyl (C=O) groups excluding carboxylic acids is 1. The van der Waals surface area contributed by atoms with Crippen molar-refractivity contribution in [2.45, 2.75) is 12.5 Å². The van der Waals surface area contributed by atoms with Crippen LogP contribution in [0, 0.1) is 0 Å². The molecule has 0 rings (SSSR count). The molecule has 0 bridgehead atoms. The third-order valence-electron chi connectivity index (χ3n) is 0.873. The maximum absolute atomic E-state index is 10.3. The quantitative estimate of drug-likeness (QED) is 0.417. The molecule has 1 atom stereocenters. The number of carboxylic acids is 1. The minimum Gasteiger partial charge on any atom is -0.543 e. The molecular weight excluding hydrogens is 153 g/mol. The zero-order valence-corrected chi connectivity index (χ0v) is 6.11. The fourth-order valence-corrected chi connectivity index (χ4v) is 0.329. The first kappa shape index (κ1) is 12.6. The van der Waals surface area contributed by atoms with E-state index in [-0.39, 0.29) is 6.15 Å². The van der Waals surface area contributed by atoms with Crippen LogP contribution < -0.4 is 6.15 Å². The predicted molar refractivity (Wildman–Crippen MR) is 37.9 cm³/mol. The summed E-state index contributed by atoms with van der Waals surface area (Å²) in [5, 5.41) is 16.6. The van der Waals surface area contributed by atoms with Gasteiger partial charge in [0.25, 0.3) is 5.97 Å². The summed E-state index contributed by atoms with van der Waals surface area (Å²) < 4.78 is 4.11. The van der Waals surface area contributed by atoms with Crippen molar-refractivity contribution in [1.29, 1.82) is 0 Å². The monoisotopic (exact) mass is 163 g/mol. The second-order valence-corrected chi connectivity index (χ2v) is 1.63. The number of aliphatic hydroxyl groups is 1. The van der Waals surface area contributed by atoms with Gasteiger partial charge in [-0.05, 0) is 0 Å². The molecule has 0 heterocycles. The highest BCUT2D eigenvalue weighted by molar-refractivity contribution is 6.05. The van der Waals surface area contributed by atoms with Gasteiger partial charge in [0, 0.05) is 0 Å². The molecule has 0 aliphatic heterocycles. The SMILES string of the molecule is BOC(=O)CC(O)C(=O)O.N. The number of rotatable bonds is 3. The average molecular weight is 163 g/mol. The highest BCUT2D eigenvalue weighted by atomic mass is 16.5. The minimum absolute atomic E-state index is 0. The van der Waals surface area contributed by atoms with E-state index in [2.05, 4.69) is 4.65 Å². The van der Waals surface area contributed by atoms with Crippen LogP contribution >= 0.6 is 0 Å². The van der Waals surface area contributed by atoms with Gasteiger partial charge in [-0.25, -0.2) is 4.79 Å². The fraction of sp³-hybridized carbons (Fsp3) is 0.500. The van der Waals surface area contributed by atoms with Crippen molar-refractivity contribution in [3.05, 3.63) is 0 Å². The van der Waals surface area contributed by atoms with Crippen molar-refractivity contribution < 1.29 is 24.5 Å². The van der Waals surface area contributed by atoms with Crippen LogP contribution in [0.2, 0.25) is 0 Å². The average Bonchev–Trinajstić information content (AvgIpc) is 1.87. The molecule has 0 aromatic heterocycles. The van der Waals surface area contributed by atoms with Crippen molar-refractivity contribution in [2.75, 3.05) is 0 Å². The summed E-state index contributed by atoms with van der Waals surface area (Å²) in [7, 11) is 1.12. The minimum atomic E-state index is -1.66. The number of aliphatic carboxylic acids is 1. The molecule has 0 aliphatic rings. The van der Waals surface area contributed by atoms with E-state index in [1.807, 2.05) is 0 Å². The first-order valence-corrected chi connectivity index (χ1v) is 2.55. The lowest BCUT2D eigenvalue weighted by molar-refractivity contribution is -0.151. The van der Waals surface area contributed by atoms with Crippen LogP contribution in [0.5, 0.6) is 0 Å². The Labute approximate surface area is 64.2 Å². The molecule has 0 aliphatic carbocycles. The lowest BCUT2D eigenvalue weighted by Crippen LogP contribution is -2.23. The molecule has 0 amide bonds. The molecule has 5 N–H and O–H groups in total. The molecule has 0 aromatic rings. The largest absolute Gasteiger partial charge is 0.543 e. The molecule has 0 saturated heterocycles. The number of carboxylic acid groups (broad SMARTS) is 1. The van der Waals surface area contributed by atoms with Crippen LogP contribution in [0.3, 0.4) is 0 Å². The summed E-state index contributed by atoms with van der Waals surface area (Å²) in [4.78, 5) is 20.2. The van der Waals surface area contributed by atoms with Crippen molar-refractivity contribution in [3.8, 4) is 0 Å². The molecule has 6 nitrogen and oxygen atoms in total. The van der Waals surface area contributed by atoms with Crippen LogP contribution in [-0.2, 0) is 14.2 Å². The Balaban J connectivity index is 0. The van der Waals surface area contributed by atoms with Crippen LogP contribution in [0.25, 0.3) is 0 Å². The molecular formula is C4H10BNO5. The fourth-order valence-electron chi connectivity index (χ4n) is 0.329. The second-order valence-electron chi connectivity index (χ2n) is 1.63. The van der Waals surface area contributed by atoms with Gasteiger partial charge in [-0.3, -0.25) is 4.79 Å². The molecule has 0 radical (unpaired) electrons. The lowest BCUT2D eigenvalue weighted by atomic mass is 10.2. The smallest absolute Gasteiger partial charge is 0.333 e. The Morgan fingerprint density at radius 3 is 2.27 bits per heavy atom. The normalized spacial score (nSPS) is 11.0. The summed E-state index contributed by atoms with van der Waals surface area (Å²) in [6, 6.07) is 0. The summed E-state index contributed by atoms with van der Waals surface area (Å²) in [6.45, 7) is 0. The van der Waals surface area contributed by atoms with Crippen molar-refractivity contribution in [3.63, 3.8) is 0 Å². The molecule has 0 saturated carbocycles. The summed E-state index contributed by atoms with van der Waals surface area (Å²) in [5.41, 5.74) is 0. The van der Waals surface area contributed by atoms with Gasteiger partial charge in [0.2, 0.25) is 0 Å². The van der Waals surface area contributed by atoms with E-state index in [4.69, 9.17) is 10.2 Å². The predicted octanol–water partition coefficient (Wildman–Crippen LogP) is -1.92. The van der Waals surface area contributed by atoms with Crippen molar-refractivity contribution in [1.82, 2.24) is 6.15 Å². The number of aliphatic hydroxyl groups excluding tert-OH is 1. The van der Waals surface area contributed by atoms with E-state index in [0.717, 1.165) is 8.05 Å². The van der Waals surface area contributed by atoms with Gasteiger partial charge in [-0.2, -0.15) is 0 Å². The van der Waals surface area contributed by atoms with E-state index < -0.39 is 24.5 Å². The maximum Gasteiger partial charge on any atom is 0.333 e. The van der Waals surface area contributed by atoms with Crippen LogP contribution in [0.4, 0.5) is 0 Å². The molecule has 11 heavy (non-hydrogen) atoms. The van der Waals surface area contributed by atoms with E-state index in [0.29, 0.717) is 0 Å². The summed E-state index contributed by atoms with van der Waals surface area (Å²) in [5.74, 6) is -2.17. The van der Waals surface area contributed by atoms with Gasteiger partial charge >= 0.3 is 14.0 Å². The molecule has 0 fully saturated rings. The van der Waals surface area contributed by atoms with E-state index in [1.165, 1.54) is 0 Å². The van der Waals surface area contributed by atoms with E-state index in [9.17, 15) is 9.59 Å². The lowest BCUT2D eigenvalue weighted by Gasteiger charge is -2.02. The Morgan fingerprint density at radius 2 is 2.00 bits per heavy atom. The highest BCUT2D eigenvalue weighted by Gasteiger charge is 2.17. The second kappa shape index (κ2) is 5.69. The maximum atomic E-state index is 10.3. The Hall–Kier alpha value is -1.08. The van der Waals surface area contributed by atoms with Crippen molar-refractivity contribution in [2.24, 2.45) is 0 Å². The van der Waals surface area contributed by atoms with Crippen LogP contribution in [-0.4, -0.2) is 36.3 Å². The van der Waals surface area contributed by atoms with Gasteiger partial charge in [0.05, 0.1) is 6.42 Å².